The van der Waals surface area contributed by atoms with Crippen molar-refractivity contribution >= 4 is 12.1 Å². The van der Waals surface area contributed by atoms with E-state index in [1.165, 1.54) is 18.1 Å². The van der Waals surface area contributed by atoms with E-state index in [1.807, 2.05) is 0 Å². The predicted octanol–water partition coefficient (Wildman–Crippen LogP) is 4.21. The molecule has 0 unspecified atom stereocenters. The van der Waals surface area contributed by atoms with Crippen LogP contribution >= 0.6 is 0 Å². The standard InChI is InChI=1S/C20H16F6N6O/c1-12-27-8-13(9-28-12)10-31(2)17(33)3-4-32-11-29-18(30-32)14-5-15(19(21,22)23)7-16(6-14)20(24,25)26/h3-9,11H,10H2,1-2H3/b4-3-. The van der Waals surface area contributed by atoms with Gasteiger partial charge in [-0.3, -0.25) is 4.79 Å². The van der Waals surface area contributed by atoms with Crippen molar-refractivity contribution in [2.75, 3.05) is 7.05 Å². The third kappa shape index (κ3) is 6.14. The first-order valence-corrected chi connectivity index (χ1v) is 9.25. The zero-order chi connectivity index (χ0) is 24.4. The van der Waals surface area contributed by atoms with Gasteiger partial charge in [0, 0.05) is 49.4 Å². The molecule has 2 aromatic heterocycles. The summed E-state index contributed by atoms with van der Waals surface area (Å²) in [6, 6.07) is 1.08. The van der Waals surface area contributed by atoms with Crippen LogP contribution in [0.25, 0.3) is 17.6 Å². The van der Waals surface area contributed by atoms with Gasteiger partial charge in [-0.05, 0) is 25.1 Å². The summed E-state index contributed by atoms with van der Waals surface area (Å²) in [4.78, 5) is 25.4. The molecule has 0 N–H and O–H groups in total. The van der Waals surface area contributed by atoms with Gasteiger partial charge in [0.05, 0.1) is 11.1 Å². The largest absolute Gasteiger partial charge is 0.416 e. The fourth-order valence-electron chi connectivity index (χ4n) is 2.68. The lowest BCUT2D eigenvalue weighted by atomic mass is 10.0. The van der Waals surface area contributed by atoms with Crippen LogP contribution in [0.2, 0.25) is 0 Å². The summed E-state index contributed by atoms with van der Waals surface area (Å²) in [5, 5.41) is 3.85. The maximum atomic E-state index is 13.0. The topological polar surface area (TPSA) is 76.8 Å². The van der Waals surface area contributed by atoms with Crippen LogP contribution in [0.15, 0.2) is 43.0 Å². The Morgan fingerprint density at radius 2 is 1.58 bits per heavy atom. The molecular formula is C20H16F6N6O. The van der Waals surface area contributed by atoms with Crippen LogP contribution in [-0.2, 0) is 23.7 Å². The molecule has 2 heterocycles. The molecule has 0 aliphatic carbocycles. The maximum Gasteiger partial charge on any atom is 0.416 e. The number of carbonyl (C=O) groups excluding carboxylic acids is 1. The molecule has 0 fully saturated rings. The van der Waals surface area contributed by atoms with Crippen LogP contribution < -0.4 is 0 Å². The Morgan fingerprint density at radius 3 is 2.12 bits per heavy atom. The number of rotatable bonds is 5. The number of likely N-dealkylation sites (N-methyl/N-ethyl adjacent to an activating group) is 1. The Morgan fingerprint density at radius 1 is 1.00 bits per heavy atom. The minimum atomic E-state index is -4.99. The van der Waals surface area contributed by atoms with E-state index in [1.54, 1.807) is 19.3 Å². The Balaban J connectivity index is 1.78. The Hall–Kier alpha value is -3.77. The molecule has 7 nitrogen and oxygen atoms in total. The second-order valence-electron chi connectivity index (χ2n) is 6.99. The summed E-state index contributed by atoms with van der Waals surface area (Å²) < 4.78 is 79.3. The highest BCUT2D eigenvalue weighted by Gasteiger charge is 2.37. The normalized spacial score (nSPS) is 12.4. The minimum Gasteiger partial charge on any atom is -0.338 e. The van der Waals surface area contributed by atoms with Crippen molar-refractivity contribution in [2.24, 2.45) is 0 Å². The number of hydrogen-bond acceptors (Lipinski definition) is 5. The van der Waals surface area contributed by atoms with Crippen molar-refractivity contribution in [2.45, 2.75) is 25.8 Å². The average Bonchev–Trinajstić information content (AvgIpc) is 3.21. The van der Waals surface area contributed by atoms with Gasteiger partial charge in [0.1, 0.15) is 12.2 Å². The molecule has 33 heavy (non-hydrogen) atoms. The summed E-state index contributed by atoms with van der Waals surface area (Å²) in [5.41, 5.74) is -2.72. The van der Waals surface area contributed by atoms with Gasteiger partial charge < -0.3 is 4.90 Å². The van der Waals surface area contributed by atoms with Gasteiger partial charge in [-0.15, -0.1) is 5.10 Å². The molecule has 3 aromatic rings. The van der Waals surface area contributed by atoms with Crippen molar-refractivity contribution in [3.05, 3.63) is 65.5 Å². The van der Waals surface area contributed by atoms with Gasteiger partial charge in [0.2, 0.25) is 5.91 Å². The summed E-state index contributed by atoms with van der Waals surface area (Å²) >= 11 is 0. The van der Waals surface area contributed by atoms with Crippen molar-refractivity contribution in [1.29, 1.82) is 0 Å². The highest BCUT2D eigenvalue weighted by atomic mass is 19.4. The van der Waals surface area contributed by atoms with Crippen molar-refractivity contribution in [1.82, 2.24) is 29.6 Å². The van der Waals surface area contributed by atoms with Crippen LogP contribution in [0.4, 0.5) is 26.3 Å². The highest BCUT2D eigenvalue weighted by molar-refractivity contribution is 5.89. The summed E-state index contributed by atoms with van der Waals surface area (Å²) in [6.07, 6.45) is -3.47. The first-order valence-electron chi connectivity index (χ1n) is 9.25. The van der Waals surface area contributed by atoms with E-state index in [2.05, 4.69) is 20.1 Å². The minimum absolute atomic E-state index is 0.0218. The maximum absolute atomic E-state index is 13.0. The van der Waals surface area contributed by atoms with Crippen LogP contribution in [0.3, 0.4) is 0 Å². The van der Waals surface area contributed by atoms with E-state index in [0.717, 1.165) is 17.1 Å². The SMILES string of the molecule is Cc1ncc(CN(C)C(=O)/C=C\n2cnc(-c3cc(C(F)(F)F)cc(C(F)(F)F)c3)n2)cn1. The molecule has 0 spiro atoms. The third-order valence-corrected chi connectivity index (χ3v) is 4.35. The molecule has 3 rings (SSSR count). The lowest BCUT2D eigenvalue weighted by Gasteiger charge is -2.14. The predicted molar refractivity (Wildman–Crippen MR) is 104 cm³/mol. The quantitative estimate of drug-likeness (QED) is 0.413. The molecule has 0 atom stereocenters. The Labute approximate surface area is 183 Å². The van der Waals surface area contributed by atoms with Gasteiger partial charge in [-0.2, -0.15) is 26.3 Å². The number of hydrogen-bond donors (Lipinski definition) is 0. The first-order chi connectivity index (χ1) is 15.3. The van der Waals surface area contributed by atoms with Gasteiger partial charge in [0.25, 0.3) is 0 Å². The lowest BCUT2D eigenvalue weighted by molar-refractivity contribution is -0.143. The number of carbonyl (C=O) groups is 1. The van der Waals surface area contributed by atoms with Gasteiger partial charge >= 0.3 is 12.4 Å². The highest BCUT2D eigenvalue weighted by Crippen LogP contribution is 2.38. The summed E-state index contributed by atoms with van der Waals surface area (Å²) in [6.45, 7) is 1.94. The van der Waals surface area contributed by atoms with E-state index in [9.17, 15) is 31.1 Å². The zero-order valence-electron chi connectivity index (χ0n) is 17.2. The number of halogens is 6. The molecule has 0 saturated carbocycles. The van der Waals surface area contributed by atoms with Gasteiger partial charge in [0.15, 0.2) is 5.82 Å². The Kier molecular flexibility index (Phi) is 6.51. The van der Waals surface area contributed by atoms with Crippen LogP contribution in [0, 0.1) is 6.92 Å². The number of benzene rings is 1. The molecule has 1 amide bonds. The van der Waals surface area contributed by atoms with E-state index in [4.69, 9.17) is 0 Å². The van der Waals surface area contributed by atoms with Crippen molar-refractivity contribution in [3.63, 3.8) is 0 Å². The summed E-state index contributed by atoms with van der Waals surface area (Å²) in [7, 11) is 1.53. The second kappa shape index (κ2) is 9.00. The fraction of sp³-hybridized carbons (Fsp3) is 0.250. The molecule has 13 heteroatoms. The van der Waals surface area contributed by atoms with E-state index in [0.29, 0.717) is 23.5 Å². The molecule has 0 aliphatic rings. The molecule has 174 valence electrons. The van der Waals surface area contributed by atoms with Gasteiger partial charge in [-0.25, -0.2) is 19.6 Å². The fourth-order valence-corrected chi connectivity index (χ4v) is 2.68. The molecular weight excluding hydrogens is 454 g/mol. The lowest BCUT2D eigenvalue weighted by Crippen LogP contribution is -2.24. The van der Waals surface area contributed by atoms with Crippen molar-refractivity contribution in [3.8, 4) is 11.4 Å². The van der Waals surface area contributed by atoms with Crippen molar-refractivity contribution < 1.29 is 31.1 Å². The summed E-state index contributed by atoms with van der Waals surface area (Å²) in [5.74, 6) is -0.224. The zero-order valence-corrected chi connectivity index (χ0v) is 17.2. The van der Waals surface area contributed by atoms with Crippen LogP contribution in [0.5, 0.6) is 0 Å². The Bertz CT molecular complexity index is 1130. The van der Waals surface area contributed by atoms with Gasteiger partial charge in [-0.1, -0.05) is 0 Å². The molecule has 0 bridgehead atoms. The van der Waals surface area contributed by atoms with Crippen LogP contribution in [0.1, 0.15) is 22.5 Å². The first kappa shape index (κ1) is 23.9. The monoisotopic (exact) mass is 470 g/mol. The molecule has 0 radical (unpaired) electrons. The van der Waals surface area contributed by atoms with E-state index < -0.39 is 35.0 Å². The molecule has 0 saturated heterocycles. The smallest absolute Gasteiger partial charge is 0.338 e. The third-order valence-electron chi connectivity index (χ3n) is 4.35. The molecule has 0 aliphatic heterocycles. The van der Waals surface area contributed by atoms with E-state index in [-0.39, 0.29) is 18.4 Å². The van der Waals surface area contributed by atoms with E-state index >= 15 is 0 Å². The second-order valence-corrected chi connectivity index (χ2v) is 6.99. The number of aromatic nitrogens is 5. The average molecular weight is 470 g/mol. The number of nitrogens with zero attached hydrogens (tertiary/aromatic N) is 6. The number of alkyl halides is 6. The number of aryl methyl sites for hydroxylation is 1. The molecule has 1 aromatic carbocycles. The number of amides is 1. The van der Waals surface area contributed by atoms with Crippen LogP contribution in [-0.4, -0.2) is 42.6 Å².